The molecular weight excluding hydrogens is 248 g/mol. The lowest BCUT2D eigenvalue weighted by Gasteiger charge is -2.32. The Morgan fingerprint density at radius 2 is 1.85 bits per heavy atom. The topological polar surface area (TPSA) is 24.3 Å². The fraction of sp³-hybridized carbons (Fsp3) is 0.438. The summed E-state index contributed by atoms with van der Waals surface area (Å²) in [6, 6.07) is 8.71. The van der Waals surface area contributed by atoms with E-state index in [0.29, 0.717) is 0 Å². The maximum atomic E-state index is 4.61. The summed E-state index contributed by atoms with van der Waals surface area (Å²) in [5.74, 6) is 0. The van der Waals surface area contributed by atoms with Crippen molar-refractivity contribution in [3.8, 4) is 11.3 Å². The molecule has 2 aromatic rings. The summed E-state index contributed by atoms with van der Waals surface area (Å²) in [6.45, 7) is 5.48. The predicted molar refractivity (Wildman–Crippen MR) is 79.5 cm³/mol. The van der Waals surface area contributed by atoms with E-state index in [1.807, 2.05) is 6.20 Å². The van der Waals surface area contributed by atoms with Gasteiger partial charge in [0.1, 0.15) is 0 Å². The van der Waals surface area contributed by atoms with Crippen LogP contribution in [0.5, 0.6) is 0 Å². The maximum absolute atomic E-state index is 4.61. The Hall–Kier alpha value is -1.65. The van der Waals surface area contributed by atoms with Gasteiger partial charge in [0.05, 0.1) is 18.6 Å². The van der Waals surface area contributed by atoms with Crippen molar-refractivity contribution in [2.24, 2.45) is 0 Å². The van der Waals surface area contributed by atoms with Crippen molar-refractivity contribution in [3.05, 3.63) is 41.6 Å². The third-order valence-corrected chi connectivity index (χ3v) is 4.50. The zero-order chi connectivity index (χ0) is 13.5. The summed E-state index contributed by atoms with van der Waals surface area (Å²) >= 11 is 0. The number of rotatable bonds is 2. The van der Waals surface area contributed by atoms with Gasteiger partial charge in [0.15, 0.2) is 0 Å². The lowest BCUT2D eigenvalue weighted by Crippen LogP contribution is -2.45. The minimum atomic E-state index is 0.914. The third-order valence-electron chi connectivity index (χ3n) is 4.50. The molecule has 0 amide bonds. The maximum Gasteiger partial charge on any atom is 0.0937 e. The zero-order valence-electron chi connectivity index (χ0n) is 11.9. The first-order valence-electron chi connectivity index (χ1n) is 7.35. The molecule has 2 heterocycles. The molecule has 1 aliphatic carbocycles. The molecule has 0 atom stereocenters. The molecule has 1 fully saturated rings. The van der Waals surface area contributed by atoms with Gasteiger partial charge < -0.3 is 4.90 Å². The summed E-state index contributed by atoms with van der Waals surface area (Å²) in [6.07, 6.45) is 3.08. The fourth-order valence-electron chi connectivity index (χ4n) is 3.26. The minimum absolute atomic E-state index is 0.914. The molecule has 1 aliphatic heterocycles. The van der Waals surface area contributed by atoms with Crippen LogP contribution < -0.4 is 0 Å². The minimum Gasteiger partial charge on any atom is -0.304 e. The van der Waals surface area contributed by atoms with Crippen LogP contribution in [0.1, 0.15) is 11.1 Å². The molecule has 4 rings (SSSR count). The fourth-order valence-corrected chi connectivity index (χ4v) is 3.26. The van der Waals surface area contributed by atoms with Gasteiger partial charge in [-0.05, 0) is 12.6 Å². The molecule has 1 saturated heterocycles. The number of hydrogen-bond acceptors (Lipinski definition) is 3. The van der Waals surface area contributed by atoms with Gasteiger partial charge in [0, 0.05) is 43.7 Å². The van der Waals surface area contributed by atoms with Gasteiger partial charge >= 0.3 is 0 Å². The van der Waals surface area contributed by atoms with Crippen LogP contribution in [0.15, 0.2) is 30.5 Å². The number of fused-ring (bicyclic) bond motifs is 3. The lowest BCUT2D eigenvalue weighted by molar-refractivity contribution is 0.120. The van der Waals surface area contributed by atoms with Crippen LogP contribution in [-0.2, 0) is 13.1 Å². The molecule has 0 unspecified atom stereocenters. The van der Waals surface area contributed by atoms with Crippen LogP contribution in [0.25, 0.3) is 11.3 Å². The molecule has 4 nitrogen and oxygen atoms in total. The zero-order valence-corrected chi connectivity index (χ0v) is 11.9. The number of likely N-dealkylation sites (N-methyl/N-ethyl adjacent to an activating group) is 1. The summed E-state index contributed by atoms with van der Waals surface area (Å²) in [7, 11) is 2.19. The second kappa shape index (κ2) is 4.72. The van der Waals surface area contributed by atoms with Crippen LogP contribution in [0, 0.1) is 0 Å². The molecule has 1 aromatic carbocycles. The van der Waals surface area contributed by atoms with Crippen LogP contribution in [0.2, 0.25) is 0 Å². The molecule has 104 valence electrons. The summed E-state index contributed by atoms with van der Waals surface area (Å²) in [4.78, 5) is 4.88. The second-order valence-electron chi connectivity index (χ2n) is 5.91. The summed E-state index contributed by atoms with van der Waals surface area (Å²) < 4.78 is 2.19. The largest absolute Gasteiger partial charge is 0.304 e. The van der Waals surface area contributed by atoms with Crippen LogP contribution in [0.3, 0.4) is 0 Å². The Balaban J connectivity index is 1.60. The van der Waals surface area contributed by atoms with Crippen molar-refractivity contribution >= 4 is 0 Å². The van der Waals surface area contributed by atoms with Gasteiger partial charge in [-0.2, -0.15) is 5.10 Å². The van der Waals surface area contributed by atoms with E-state index in [-0.39, 0.29) is 0 Å². The van der Waals surface area contributed by atoms with Gasteiger partial charge in [-0.25, -0.2) is 0 Å². The van der Waals surface area contributed by atoms with E-state index in [9.17, 15) is 0 Å². The van der Waals surface area contributed by atoms with Gasteiger partial charge in [0.25, 0.3) is 0 Å². The Bertz CT molecular complexity index is 623. The van der Waals surface area contributed by atoms with Crippen molar-refractivity contribution in [2.75, 3.05) is 33.2 Å². The first kappa shape index (κ1) is 12.1. The normalized spacial score (nSPS) is 19.1. The highest BCUT2D eigenvalue weighted by molar-refractivity contribution is 5.73. The number of nitrogens with zero attached hydrogens (tertiary/aromatic N) is 4. The smallest absolute Gasteiger partial charge is 0.0937 e. The van der Waals surface area contributed by atoms with Gasteiger partial charge in [-0.3, -0.25) is 9.58 Å². The van der Waals surface area contributed by atoms with Gasteiger partial charge in [0.2, 0.25) is 0 Å². The highest BCUT2D eigenvalue weighted by Crippen LogP contribution is 2.36. The SMILES string of the molecule is CN1CCN(Cn2ncc3c2-c2ccccc2C3)CC1. The number of aromatic nitrogens is 2. The van der Waals surface area contributed by atoms with E-state index in [1.54, 1.807) is 0 Å². The standard InChI is InChI=1S/C16H20N4/c1-18-6-8-19(9-7-18)12-20-16-14(11-17-20)10-13-4-2-3-5-15(13)16/h2-5,11H,6-10,12H2,1H3. The van der Waals surface area contributed by atoms with Crippen LogP contribution >= 0.6 is 0 Å². The lowest BCUT2D eigenvalue weighted by atomic mass is 10.1. The first-order chi connectivity index (χ1) is 9.81. The molecule has 4 heteroatoms. The Morgan fingerprint density at radius 1 is 1.05 bits per heavy atom. The molecule has 1 aromatic heterocycles. The highest BCUT2D eigenvalue weighted by Gasteiger charge is 2.24. The molecular formula is C16H20N4. The van der Waals surface area contributed by atoms with E-state index < -0.39 is 0 Å². The van der Waals surface area contributed by atoms with Crippen molar-refractivity contribution in [1.29, 1.82) is 0 Å². The van der Waals surface area contributed by atoms with Crippen molar-refractivity contribution in [1.82, 2.24) is 19.6 Å². The molecule has 0 N–H and O–H groups in total. The van der Waals surface area contributed by atoms with E-state index in [1.165, 1.54) is 22.4 Å². The van der Waals surface area contributed by atoms with Crippen LogP contribution in [-0.4, -0.2) is 52.8 Å². The Kier molecular flexibility index (Phi) is 2.86. The molecule has 0 radical (unpaired) electrons. The highest BCUT2D eigenvalue weighted by atomic mass is 15.4. The van der Waals surface area contributed by atoms with E-state index in [4.69, 9.17) is 0 Å². The summed E-state index contributed by atoms with van der Waals surface area (Å²) in [5, 5.41) is 4.61. The first-order valence-corrected chi connectivity index (χ1v) is 7.35. The Labute approximate surface area is 119 Å². The van der Waals surface area contributed by atoms with Crippen molar-refractivity contribution in [2.45, 2.75) is 13.1 Å². The third kappa shape index (κ3) is 1.96. The number of benzene rings is 1. The molecule has 0 spiro atoms. The summed E-state index contributed by atoms with van der Waals surface area (Å²) in [5.41, 5.74) is 5.51. The Morgan fingerprint density at radius 3 is 2.70 bits per heavy atom. The van der Waals surface area contributed by atoms with Crippen molar-refractivity contribution in [3.63, 3.8) is 0 Å². The van der Waals surface area contributed by atoms with Crippen molar-refractivity contribution < 1.29 is 0 Å². The van der Waals surface area contributed by atoms with E-state index in [2.05, 4.69) is 50.9 Å². The monoisotopic (exact) mass is 268 g/mol. The molecule has 0 bridgehead atoms. The average molecular weight is 268 g/mol. The van der Waals surface area contributed by atoms with Crippen LogP contribution in [0.4, 0.5) is 0 Å². The quantitative estimate of drug-likeness (QED) is 0.706. The predicted octanol–water partition coefficient (Wildman–Crippen LogP) is 1.66. The van der Waals surface area contributed by atoms with Gasteiger partial charge in [-0.15, -0.1) is 0 Å². The molecule has 20 heavy (non-hydrogen) atoms. The van der Waals surface area contributed by atoms with E-state index >= 15 is 0 Å². The van der Waals surface area contributed by atoms with Gasteiger partial charge in [-0.1, -0.05) is 24.3 Å². The molecule has 0 saturated carbocycles. The molecule has 2 aliphatic rings. The average Bonchev–Trinajstić information content (AvgIpc) is 3.01. The van der Waals surface area contributed by atoms with E-state index in [0.717, 1.165) is 39.3 Å². The second-order valence-corrected chi connectivity index (χ2v) is 5.91. The number of piperazine rings is 1. The number of hydrogen-bond donors (Lipinski definition) is 0.